The van der Waals surface area contributed by atoms with Crippen molar-refractivity contribution in [2.75, 3.05) is 6.54 Å². The minimum atomic E-state index is 0.319. The molecular formula is C13H17NO2. The van der Waals surface area contributed by atoms with Gasteiger partial charge in [0.1, 0.15) is 5.75 Å². The Morgan fingerprint density at radius 3 is 2.75 bits per heavy atom. The summed E-state index contributed by atoms with van der Waals surface area (Å²) in [6.07, 6.45) is 3.60. The molecule has 2 aliphatic heterocycles. The van der Waals surface area contributed by atoms with Crippen LogP contribution in [0.3, 0.4) is 0 Å². The maximum absolute atomic E-state index is 10.0. The predicted molar refractivity (Wildman–Crippen MR) is 61.2 cm³/mol. The van der Waals surface area contributed by atoms with E-state index in [4.69, 9.17) is 4.74 Å². The lowest BCUT2D eigenvalue weighted by atomic mass is 9.94. The first-order valence-corrected chi connectivity index (χ1v) is 6.00. The molecule has 0 saturated carbocycles. The van der Waals surface area contributed by atoms with Crippen LogP contribution in [0, 0.1) is 0 Å². The molecule has 1 unspecified atom stereocenters. The zero-order valence-electron chi connectivity index (χ0n) is 9.33. The second kappa shape index (κ2) is 4.07. The molecule has 0 spiro atoms. The summed E-state index contributed by atoms with van der Waals surface area (Å²) < 4.78 is 5.38. The lowest BCUT2D eigenvalue weighted by molar-refractivity contribution is 0.134. The van der Waals surface area contributed by atoms with Gasteiger partial charge in [0.2, 0.25) is 0 Å². The molecule has 3 nitrogen and oxygen atoms in total. The Kier molecular flexibility index (Phi) is 2.58. The summed E-state index contributed by atoms with van der Waals surface area (Å²) in [4.78, 5) is 0. The van der Waals surface area contributed by atoms with Gasteiger partial charge in [0, 0.05) is 11.6 Å². The maximum atomic E-state index is 10.0. The van der Waals surface area contributed by atoms with Crippen molar-refractivity contribution in [1.82, 2.24) is 5.32 Å². The van der Waals surface area contributed by atoms with Crippen LogP contribution in [0.2, 0.25) is 0 Å². The van der Waals surface area contributed by atoms with Gasteiger partial charge in [0.05, 0.1) is 13.2 Å². The number of rotatable bonds is 1. The molecule has 1 aromatic rings. The molecular weight excluding hydrogens is 202 g/mol. The van der Waals surface area contributed by atoms with Crippen molar-refractivity contribution >= 4 is 0 Å². The molecule has 3 rings (SSSR count). The summed E-state index contributed by atoms with van der Waals surface area (Å²) in [7, 11) is 0. The summed E-state index contributed by atoms with van der Waals surface area (Å²) in [5.74, 6) is 0.420. The van der Waals surface area contributed by atoms with Gasteiger partial charge in [-0.25, -0.2) is 0 Å². The molecule has 2 aliphatic rings. The van der Waals surface area contributed by atoms with E-state index in [2.05, 4.69) is 11.4 Å². The third-order valence-corrected chi connectivity index (χ3v) is 3.55. The van der Waals surface area contributed by atoms with Crippen LogP contribution in [0.5, 0.6) is 5.75 Å². The third kappa shape index (κ3) is 1.70. The summed E-state index contributed by atoms with van der Waals surface area (Å²) in [5, 5.41) is 13.5. The van der Waals surface area contributed by atoms with Crippen molar-refractivity contribution in [3.05, 3.63) is 28.8 Å². The number of aromatic hydroxyl groups is 1. The number of hydrogen-bond acceptors (Lipinski definition) is 3. The Labute approximate surface area is 95.4 Å². The van der Waals surface area contributed by atoms with Crippen LogP contribution in [-0.4, -0.2) is 11.7 Å². The van der Waals surface area contributed by atoms with Gasteiger partial charge in [-0.2, -0.15) is 0 Å². The largest absolute Gasteiger partial charge is 0.508 e. The third-order valence-electron chi connectivity index (χ3n) is 3.55. The second-order valence-corrected chi connectivity index (χ2v) is 4.68. The van der Waals surface area contributed by atoms with E-state index < -0.39 is 0 Å². The smallest absolute Gasteiger partial charge is 0.120 e. The number of piperidine rings is 1. The quantitative estimate of drug-likeness (QED) is 0.761. The zero-order valence-corrected chi connectivity index (χ0v) is 9.33. The van der Waals surface area contributed by atoms with Gasteiger partial charge >= 0.3 is 0 Å². The van der Waals surface area contributed by atoms with Gasteiger partial charge in [-0.1, -0.05) is 6.42 Å². The minimum Gasteiger partial charge on any atom is -0.508 e. The van der Waals surface area contributed by atoms with Crippen LogP contribution < -0.4 is 5.32 Å². The van der Waals surface area contributed by atoms with E-state index in [9.17, 15) is 5.11 Å². The van der Waals surface area contributed by atoms with Crippen LogP contribution in [0.4, 0.5) is 0 Å². The molecule has 0 aliphatic carbocycles. The molecule has 0 bridgehead atoms. The Hall–Kier alpha value is -1.06. The lowest BCUT2D eigenvalue weighted by Gasteiger charge is -2.25. The zero-order chi connectivity index (χ0) is 11.0. The van der Waals surface area contributed by atoms with Crippen molar-refractivity contribution in [1.29, 1.82) is 0 Å². The molecule has 86 valence electrons. The normalized spacial score (nSPS) is 24.4. The Morgan fingerprint density at radius 1 is 1.19 bits per heavy atom. The van der Waals surface area contributed by atoms with Crippen molar-refractivity contribution in [3.8, 4) is 5.75 Å². The van der Waals surface area contributed by atoms with Gasteiger partial charge < -0.3 is 15.2 Å². The van der Waals surface area contributed by atoms with Crippen LogP contribution in [-0.2, 0) is 18.0 Å². The Bertz CT molecular complexity index is 397. The first-order valence-electron chi connectivity index (χ1n) is 6.00. The molecule has 0 aromatic heterocycles. The molecule has 2 heterocycles. The minimum absolute atomic E-state index is 0.319. The molecule has 2 N–H and O–H groups in total. The second-order valence-electron chi connectivity index (χ2n) is 4.68. The number of hydrogen-bond donors (Lipinski definition) is 2. The van der Waals surface area contributed by atoms with E-state index in [-0.39, 0.29) is 0 Å². The SMILES string of the molecule is Oc1cc2c(cc1C1CCCCN1)COC2. The number of ether oxygens (including phenoxy) is 1. The first kappa shape index (κ1) is 10.1. The fraction of sp³-hybridized carbons (Fsp3) is 0.538. The van der Waals surface area contributed by atoms with Crippen LogP contribution in [0.25, 0.3) is 0 Å². The summed E-state index contributed by atoms with van der Waals surface area (Å²) in [6.45, 7) is 2.38. The summed E-state index contributed by atoms with van der Waals surface area (Å²) in [5.41, 5.74) is 3.42. The molecule has 1 aromatic carbocycles. The molecule has 1 saturated heterocycles. The average molecular weight is 219 g/mol. The molecule has 0 amide bonds. The van der Waals surface area contributed by atoms with Gasteiger partial charge in [-0.15, -0.1) is 0 Å². The van der Waals surface area contributed by atoms with Gasteiger partial charge in [-0.05, 0) is 42.6 Å². The van der Waals surface area contributed by atoms with E-state index in [1.807, 2.05) is 6.07 Å². The number of fused-ring (bicyclic) bond motifs is 1. The highest BCUT2D eigenvalue weighted by molar-refractivity contribution is 5.44. The topological polar surface area (TPSA) is 41.5 Å². The molecule has 3 heteroatoms. The van der Waals surface area contributed by atoms with Crippen molar-refractivity contribution in [2.24, 2.45) is 0 Å². The molecule has 16 heavy (non-hydrogen) atoms. The van der Waals surface area contributed by atoms with E-state index in [1.54, 1.807) is 0 Å². The lowest BCUT2D eigenvalue weighted by Crippen LogP contribution is -2.26. The van der Waals surface area contributed by atoms with Crippen LogP contribution in [0.1, 0.15) is 42.0 Å². The monoisotopic (exact) mass is 219 g/mol. The highest BCUT2D eigenvalue weighted by atomic mass is 16.5. The predicted octanol–water partition coefficient (Wildman–Crippen LogP) is 2.24. The number of phenolic OH excluding ortho intramolecular Hbond substituents is 1. The standard InChI is InChI=1S/C13H17NO2/c15-13-6-10-8-16-7-9(10)5-11(13)12-3-1-2-4-14-12/h5-6,12,14-15H,1-4,7-8H2. The summed E-state index contributed by atoms with van der Waals surface area (Å²) >= 11 is 0. The summed E-state index contributed by atoms with van der Waals surface area (Å²) in [6, 6.07) is 4.30. The van der Waals surface area contributed by atoms with E-state index in [0.717, 1.165) is 24.1 Å². The van der Waals surface area contributed by atoms with Gasteiger partial charge in [0.15, 0.2) is 0 Å². The fourth-order valence-electron chi connectivity index (χ4n) is 2.63. The van der Waals surface area contributed by atoms with E-state index >= 15 is 0 Å². The van der Waals surface area contributed by atoms with Crippen LogP contribution >= 0.6 is 0 Å². The fourth-order valence-corrected chi connectivity index (χ4v) is 2.63. The van der Waals surface area contributed by atoms with E-state index in [0.29, 0.717) is 25.0 Å². The van der Waals surface area contributed by atoms with Gasteiger partial charge in [-0.3, -0.25) is 0 Å². The Balaban J connectivity index is 1.94. The maximum Gasteiger partial charge on any atom is 0.120 e. The Morgan fingerprint density at radius 2 is 2.00 bits per heavy atom. The molecule has 0 radical (unpaired) electrons. The number of benzene rings is 1. The van der Waals surface area contributed by atoms with Crippen molar-refractivity contribution in [3.63, 3.8) is 0 Å². The van der Waals surface area contributed by atoms with E-state index in [1.165, 1.54) is 18.4 Å². The highest BCUT2D eigenvalue weighted by Crippen LogP contribution is 2.34. The number of nitrogens with one attached hydrogen (secondary N) is 1. The average Bonchev–Trinajstić information content (AvgIpc) is 2.76. The van der Waals surface area contributed by atoms with Crippen molar-refractivity contribution in [2.45, 2.75) is 38.5 Å². The number of phenols is 1. The van der Waals surface area contributed by atoms with Gasteiger partial charge in [0.25, 0.3) is 0 Å². The highest BCUT2D eigenvalue weighted by Gasteiger charge is 2.21. The van der Waals surface area contributed by atoms with Crippen LogP contribution in [0.15, 0.2) is 12.1 Å². The van der Waals surface area contributed by atoms with Crippen molar-refractivity contribution < 1.29 is 9.84 Å². The first-order chi connectivity index (χ1) is 7.84. The molecule has 1 atom stereocenters. The molecule has 1 fully saturated rings.